The van der Waals surface area contributed by atoms with Gasteiger partial charge in [-0.25, -0.2) is 4.79 Å². The van der Waals surface area contributed by atoms with Gasteiger partial charge in [0.1, 0.15) is 0 Å². The third-order valence-electron chi connectivity index (χ3n) is 4.28. The van der Waals surface area contributed by atoms with E-state index in [4.69, 9.17) is 0 Å². The highest BCUT2D eigenvalue weighted by Gasteiger charge is 2.33. The molecule has 2 N–H and O–H groups in total. The molecule has 0 saturated carbocycles. The van der Waals surface area contributed by atoms with Crippen LogP contribution in [0.25, 0.3) is 0 Å². The Labute approximate surface area is 131 Å². The van der Waals surface area contributed by atoms with E-state index >= 15 is 0 Å². The van der Waals surface area contributed by atoms with Crippen molar-refractivity contribution in [2.75, 3.05) is 0 Å². The Balaban J connectivity index is 1.66. The molecule has 22 heavy (non-hydrogen) atoms. The summed E-state index contributed by atoms with van der Waals surface area (Å²) in [7, 11) is 0. The van der Waals surface area contributed by atoms with Gasteiger partial charge < -0.3 is 10.6 Å². The molecule has 1 atom stereocenters. The molecule has 0 radical (unpaired) electrons. The van der Waals surface area contributed by atoms with Crippen molar-refractivity contribution in [3.8, 4) is 0 Å². The Morgan fingerprint density at radius 2 is 2.05 bits per heavy atom. The number of fused-ring (bicyclic) bond motifs is 1. The van der Waals surface area contributed by atoms with Gasteiger partial charge in [-0.15, -0.1) is 0 Å². The zero-order valence-electron chi connectivity index (χ0n) is 12.8. The fraction of sp³-hybridized carbons (Fsp3) is 0.333. The van der Waals surface area contributed by atoms with E-state index in [0.29, 0.717) is 6.54 Å². The summed E-state index contributed by atoms with van der Waals surface area (Å²) in [6, 6.07) is 13.9. The molecule has 2 aromatic rings. The molecule has 3 rings (SSSR count). The standard InChI is InChI=1S/C18H21N3O/c1-18(11-6-8-14-7-2-3-10-16(14)18)21-17(22)20-13-15-9-4-5-12-19-15/h2-5,7,9-10,12H,6,8,11,13H2,1H3,(H2,20,21,22). The molecular weight excluding hydrogens is 274 g/mol. The van der Waals surface area contributed by atoms with Gasteiger partial charge in [0.05, 0.1) is 17.8 Å². The first-order chi connectivity index (χ1) is 10.7. The highest BCUT2D eigenvalue weighted by molar-refractivity contribution is 5.75. The van der Waals surface area contributed by atoms with Gasteiger partial charge >= 0.3 is 6.03 Å². The smallest absolute Gasteiger partial charge is 0.315 e. The average Bonchev–Trinajstić information content (AvgIpc) is 2.54. The topological polar surface area (TPSA) is 54.0 Å². The predicted molar refractivity (Wildman–Crippen MR) is 86.3 cm³/mol. The summed E-state index contributed by atoms with van der Waals surface area (Å²) in [5, 5.41) is 6.03. The van der Waals surface area contributed by atoms with Crippen molar-refractivity contribution < 1.29 is 4.79 Å². The van der Waals surface area contributed by atoms with Gasteiger partial charge in [0.15, 0.2) is 0 Å². The van der Waals surface area contributed by atoms with Crippen molar-refractivity contribution in [3.63, 3.8) is 0 Å². The Bertz CT molecular complexity index is 656. The lowest BCUT2D eigenvalue weighted by molar-refractivity contribution is 0.221. The first-order valence-corrected chi connectivity index (χ1v) is 7.72. The molecule has 0 saturated heterocycles. The van der Waals surface area contributed by atoms with Crippen LogP contribution in [0.2, 0.25) is 0 Å². The number of urea groups is 1. The molecule has 0 fully saturated rings. The maximum Gasteiger partial charge on any atom is 0.315 e. The average molecular weight is 295 g/mol. The molecule has 2 amide bonds. The third-order valence-corrected chi connectivity index (χ3v) is 4.28. The van der Waals surface area contributed by atoms with Crippen LogP contribution in [0.15, 0.2) is 48.7 Å². The molecule has 1 aliphatic carbocycles. The Hall–Kier alpha value is -2.36. The van der Waals surface area contributed by atoms with Crippen LogP contribution < -0.4 is 10.6 Å². The zero-order chi connectivity index (χ0) is 15.4. The molecule has 0 bridgehead atoms. The Morgan fingerprint density at radius 1 is 1.23 bits per heavy atom. The minimum Gasteiger partial charge on any atom is -0.332 e. The van der Waals surface area contributed by atoms with E-state index in [-0.39, 0.29) is 11.6 Å². The zero-order valence-corrected chi connectivity index (χ0v) is 12.8. The van der Waals surface area contributed by atoms with Gasteiger partial charge in [-0.05, 0) is 49.4 Å². The van der Waals surface area contributed by atoms with Crippen molar-refractivity contribution in [1.29, 1.82) is 0 Å². The molecule has 1 unspecified atom stereocenters. The number of hydrogen-bond acceptors (Lipinski definition) is 2. The number of aryl methyl sites for hydroxylation is 1. The summed E-state index contributed by atoms with van der Waals surface area (Å²) in [4.78, 5) is 16.5. The highest BCUT2D eigenvalue weighted by Crippen LogP contribution is 2.34. The van der Waals surface area contributed by atoms with Gasteiger partial charge in [-0.3, -0.25) is 4.98 Å². The molecule has 1 aliphatic rings. The Morgan fingerprint density at radius 3 is 2.86 bits per heavy atom. The van der Waals surface area contributed by atoms with E-state index in [2.05, 4.69) is 40.7 Å². The second-order valence-corrected chi connectivity index (χ2v) is 5.97. The van der Waals surface area contributed by atoms with Crippen molar-refractivity contribution >= 4 is 6.03 Å². The van der Waals surface area contributed by atoms with Crippen LogP contribution in [0.5, 0.6) is 0 Å². The first kappa shape index (κ1) is 14.6. The van der Waals surface area contributed by atoms with Gasteiger partial charge in [0.25, 0.3) is 0 Å². The van der Waals surface area contributed by atoms with E-state index in [1.54, 1.807) is 6.20 Å². The molecule has 1 heterocycles. The summed E-state index contributed by atoms with van der Waals surface area (Å²) in [6.45, 7) is 2.54. The number of hydrogen-bond donors (Lipinski definition) is 2. The van der Waals surface area contributed by atoms with Crippen LogP contribution in [-0.4, -0.2) is 11.0 Å². The van der Waals surface area contributed by atoms with Crippen molar-refractivity contribution in [1.82, 2.24) is 15.6 Å². The molecule has 0 aliphatic heterocycles. The Kier molecular flexibility index (Phi) is 4.09. The van der Waals surface area contributed by atoms with Gasteiger partial charge in [0.2, 0.25) is 0 Å². The molecule has 4 nitrogen and oxygen atoms in total. The fourth-order valence-electron chi connectivity index (χ4n) is 3.14. The van der Waals surface area contributed by atoms with Crippen LogP contribution in [0.1, 0.15) is 36.6 Å². The van der Waals surface area contributed by atoms with Crippen LogP contribution >= 0.6 is 0 Å². The van der Waals surface area contributed by atoms with E-state index < -0.39 is 0 Å². The molecule has 1 aromatic heterocycles. The minimum absolute atomic E-state index is 0.148. The largest absolute Gasteiger partial charge is 0.332 e. The SMILES string of the molecule is CC1(NC(=O)NCc2ccccn2)CCCc2ccccc21. The summed E-state index contributed by atoms with van der Waals surface area (Å²) >= 11 is 0. The highest BCUT2D eigenvalue weighted by atomic mass is 16.2. The summed E-state index contributed by atoms with van der Waals surface area (Å²) in [5.74, 6) is 0. The number of benzene rings is 1. The number of pyridine rings is 1. The summed E-state index contributed by atoms with van der Waals surface area (Å²) in [5.41, 5.74) is 3.12. The molecule has 1 aromatic carbocycles. The van der Waals surface area contributed by atoms with Crippen molar-refractivity contribution in [3.05, 3.63) is 65.5 Å². The molecule has 0 spiro atoms. The number of carbonyl (C=O) groups excluding carboxylic acids is 1. The number of rotatable bonds is 3. The molecule has 4 heteroatoms. The normalized spacial score (nSPS) is 20.0. The first-order valence-electron chi connectivity index (χ1n) is 7.72. The van der Waals surface area contributed by atoms with Crippen LogP contribution in [0, 0.1) is 0 Å². The quantitative estimate of drug-likeness (QED) is 0.914. The number of amides is 2. The maximum absolute atomic E-state index is 12.2. The summed E-state index contributed by atoms with van der Waals surface area (Å²) < 4.78 is 0. The second-order valence-electron chi connectivity index (χ2n) is 5.97. The summed E-state index contributed by atoms with van der Waals surface area (Å²) in [6.07, 6.45) is 4.87. The minimum atomic E-state index is -0.303. The van der Waals surface area contributed by atoms with E-state index in [1.165, 1.54) is 11.1 Å². The van der Waals surface area contributed by atoms with Gasteiger partial charge in [0, 0.05) is 6.20 Å². The lowest BCUT2D eigenvalue weighted by Gasteiger charge is -2.36. The molecular formula is C18H21N3O. The third kappa shape index (κ3) is 3.11. The number of nitrogens with zero attached hydrogens (tertiary/aromatic N) is 1. The van der Waals surface area contributed by atoms with E-state index in [1.807, 2.05) is 24.3 Å². The van der Waals surface area contributed by atoms with Crippen LogP contribution in [0.3, 0.4) is 0 Å². The van der Waals surface area contributed by atoms with E-state index in [9.17, 15) is 4.79 Å². The van der Waals surface area contributed by atoms with Gasteiger partial charge in [-0.2, -0.15) is 0 Å². The van der Waals surface area contributed by atoms with Crippen LogP contribution in [-0.2, 0) is 18.5 Å². The predicted octanol–water partition coefficient (Wildman–Crippen LogP) is 3.13. The van der Waals surface area contributed by atoms with Gasteiger partial charge in [-0.1, -0.05) is 30.3 Å². The second kappa shape index (κ2) is 6.18. The number of carbonyl (C=O) groups is 1. The lowest BCUT2D eigenvalue weighted by Crippen LogP contribution is -2.49. The number of nitrogens with one attached hydrogen (secondary N) is 2. The van der Waals surface area contributed by atoms with Crippen molar-refractivity contribution in [2.24, 2.45) is 0 Å². The van der Waals surface area contributed by atoms with Crippen LogP contribution in [0.4, 0.5) is 4.79 Å². The fourth-order valence-corrected chi connectivity index (χ4v) is 3.14. The lowest BCUT2D eigenvalue weighted by atomic mass is 9.78. The maximum atomic E-state index is 12.2. The van der Waals surface area contributed by atoms with Crippen molar-refractivity contribution in [2.45, 2.75) is 38.3 Å². The van der Waals surface area contributed by atoms with E-state index in [0.717, 1.165) is 25.0 Å². The number of aromatic nitrogens is 1. The monoisotopic (exact) mass is 295 g/mol. The molecule has 114 valence electrons.